The van der Waals surface area contributed by atoms with Crippen LogP contribution in [0.15, 0.2) is 64.5 Å². The van der Waals surface area contributed by atoms with E-state index in [1.165, 1.54) is 6.07 Å². The third kappa shape index (κ3) is 8.38. The van der Waals surface area contributed by atoms with Crippen LogP contribution in [0.4, 0.5) is 14.6 Å². The molecule has 0 radical (unpaired) electrons. The number of primary amides is 1. The van der Waals surface area contributed by atoms with Crippen LogP contribution >= 0.6 is 0 Å². The Kier molecular flexibility index (Phi) is 12.2. The molecule has 5 aromatic rings. The summed E-state index contributed by atoms with van der Waals surface area (Å²) < 4.78 is 49.1. The summed E-state index contributed by atoms with van der Waals surface area (Å²) >= 11 is 0. The van der Waals surface area contributed by atoms with Crippen molar-refractivity contribution in [2.24, 2.45) is 5.73 Å². The van der Waals surface area contributed by atoms with Crippen LogP contribution in [-0.2, 0) is 9.53 Å². The van der Waals surface area contributed by atoms with E-state index in [2.05, 4.69) is 21.7 Å². The number of para-hydroxylation sites is 1. The highest BCUT2D eigenvalue weighted by Gasteiger charge is 2.31. The minimum absolute atomic E-state index is 0.0757. The molecule has 0 bridgehead atoms. The van der Waals surface area contributed by atoms with Crippen LogP contribution in [-0.4, -0.2) is 111 Å². The number of pyridine rings is 1. The Morgan fingerprint density at radius 1 is 0.982 bits per heavy atom. The van der Waals surface area contributed by atoms with Gasteiger partial charge in [0.15, 0.2) is 22.7 Å². The van der Waals surface area contributed by atoms with Gasteiger partial charge in [-0.15, -0.1) is 9.60 Å². The van der Waals surface area contributed by atoms with Crippen LogP contribution in [0.2, 0.25) is 0 Å². The molecule has 2 aromatic heterocycles. The van der Waals surface area contributed by atoms with Gasteiger partial charge in [-0.05, 0) is 51.1 Å². The normalized spacial score (nSPS) is 15.6. The lowest BCUT2D eigenvalue weighted by atomic mass is 10.0. The largest absolute Gasteiger partial charge is 0.456 e. The molecule has 5 heterocycles. The minimum atomic E-state index is -0.466. The number of carbonyl (C=O) groups is 1. The Labute approximate surface area is 324 Å². The number of piperidine rings is 1. The summed E-state index contributed by atoms with van der Waals surface area (Å²) in [4.78, 5) is 30.6. The lowest BCUT2D eigenvalue weighted by Crippen LogP contribution is -2.40. The second-order valence-electron chi connectivity index (χ2n) is 14.6. The second-order valence-corrected chi connectivity index (χ2v) is 14.6. The van der Waals surface area contributed by atoms with E-state index < -0.39 is 11.7 Å². The molecule has 0 spiro atoms. The van der Waals surface area contributed by atoms with Gasteiger partial charge in [-0.2, -0.15) is 0 Å². The first-order valence-corrected chi connectivity index (χ1v) is 19.5. The number of morpholine rings is 1. The smallest absolute Gasteiger partial charge is 0.218 e. The number of halogens is 2. The summed E-state index contributed by atoms with van der Waals surface area (Å²) in [6.45, 7) is 14.3. The number of nitrogens with two attached hydrogens (primary N) is 1. The summed E-state index contributed by atoms with van der Waals surface area (Å²) in [5.74, 6) is 0.0455. The van der Waals surface area contributed by atoms with E-state index in [0.29, 0.717) is 64.3 Å². The summed E-state index contributed by atoms with van der Waals surface area (Å²) in [5, 5.41) is 6.12. The van der Waals surface area contributed by atoms with Crippen molar-refractivity contribution in [3.05, 3.63) is 76.8 Å². The number of aromatic nitrogens is 1. The van der Waals surface area contributed by atoms with Gasteiger partial charge in [0.25, 0.3) is 0 Å². The fourth-order valence-corrected chi connectivity index (χ4v) is 7.52. The van der Waals surface area contributed by atoms with Crippen LogP contribution in [0.5, 0.6) is 11.5 Å². The Morgan fingerprint density at radius 3 is 2.50 bits per heavy atom. The van der Waals surface area contributed by atoms with Crippen LogP contribution in [0.25, 0.3) is 44.2 Å². The van der Waals surface area contributed by atoms with E-state index >= 15 is 4.39 Å². The zero-order valence-corrected chi connectivity index (χ0v) is 32.3. The third-order valence-corrected chi connectivity index (χ3v) is 10.8. The first kappa shape index (κ1) is 39.2. The van der Waals surface area contributed by atoms with Crippen LogP contribution in [0.3, 0.4) is 0 Å². The minimum Gasteiger partial charge on any atom is -0.456 e. The predicted molar refractivity (Wildman–Crippen MR) is 217 cm³/mol. The van der Waals surface area contributed by atoms with E-state index in [4.69, 9.17) is 19.6 Å². The average molecular weight is 772 g/mol. The SMILES string of the molecule is C=C(NCCN1CCOCC1)c1cn2c3c(c(N4CCCCC4)c(F)cc3c1=O)Oc1cc3c(cc1-2)oc1ccccc13.CCN(C)CCN(F)CCC(N)=O. The fourth-order valence-electron chi connectivity index (χ4n) is 7.52. The number of nitrogens with zero attached hydrogens (tertiary/aromatic N) is 5. The van der Waals surface area contributed by atoms with Crippen molar-refractivity contribution in [2.75, 3.05) is 90.6 Å². The maximum Gasteiger partial charge on any atom is 0.218 e. The number of fused-ring (bicyclic) bond motifs is 5. The number of anilines is 1. The van der Waals surface area contributed by atoms with Crippen molar-refractivity contribution >= 4 is 50.1 Å². The number of benzene rings is 3. The number of furan rings is 1. The highest BCUT2D eigenvalue weighted by Crippen LogP contribution is 2.49. The molecule has 14 heteroatoms. The number of nitrogens with one attached hydrogen (secondary N) is 1. The summed E-state index contributed by atoms with van der Waals surface area (Å²) in [5.41, 5.74) is 8.68. The quantitative estimate of drug-likeness (QED) is 0.135. The number of ether oxygens (including phenoxy) is 2. The molecule has 0 unspecified atom stereocenters. The molecular formula is C42H51F2N7O5. The Balaban J connectivity index is 0.000000320. The summed E-state index contributed by atoms with van der Waals surface area (Å²) in [7, 11) is 1.92. The third-order valence-electron chi connectivity index (χ3n) is 10.8. The number of rotatable bonds is 13. The van der Waals surface area contributed by atoms with Crippen LogP contribution in [0, 0.1) is 5.82 Å². The molecule has 0 saturated carbocycles. The molecule has 298 valence electrons. The topological polar surface area (TPSA) is 122 Å². The molecule has 3 aromatic carbocycles. The Hall–Kier alpha value is -5.02. The van der Waals surface area contributed by atoms with Gasteiger partial charge in [0, 0.05) is 94.1 Å². The van der Waals surface area contributed by atoms with Crippen molar-refractivity contribution in [1.82, 2.24) is 24.8 Å². The summed E-state index contributed by atoms with van der Waals surface area (Å²) in [6, 6.07) is 13.2. The maximum atomic E-state index is 16.1. The van der Waals surface area contributed by atoms with Crippen LogP contribution in [0.1, 0.15) is 38.2 Å². The first-order chi connectivity index (χ1) is 27.1. The van der Waals surface area contributed by atoms with E-state index in [0.717, 1.165) is 93.8 Å². The van der Waals surface area contributed by atoms with E-state index in [9.17, 15) is 14.1 Å². The van der Waals surface area contributed by atoms with Gasteiger partial charge >= 0.3 is 0 Å². The van der Waals surface area contributed by atoms with Crippen molar-refractivity contribution in [1.29, 1.82) is 0 Å². The Morgan fingerprint density at radius 2 is 1.75 bits per heavy atom. The van der Waals surface area contributed by atoms with Gasteiger partial charge in [0.05, 0.1) is 29.9 Å². The van der Waals surface area contributed by atoms with Gasteiger partial charge < -0.3 is 39.3 Å². The van der Waals surface area contributed by atoms with Gasteiger partial charge in [-0.3, -0.25) is 14.5 Å². The monoisotopic (exact) mass is 771 g/mol. The molecule has 56 heavy (non-hydrogen) atoms. The fraction of sp³-hybridized carbons (Fsp3) is 0.429. The van der Waals surface area contributed by atoms with Crippen molar-refractivity contribution < 1.29 is 27.6 Å². The van der Waals surface area contributed by atoms with Gasteiger partial charge in [-0.25, -0.2) is 4.39 Å². The highest BCUT2D eigenvalue weighted by atomic mass is 19.2. The number of hydrogen-bond acceptors (Lipinski definition) is 10. The van der Waals surface area contributed by atoms with E-state index in [1.54, 1.807) is 0 Å². The molecule has 12 nitrogen and oxygen atoms in total. The molecule has 8 rings (SSSR count). The molecule has 0 atom stereocenters. The number of carbonyl (C=O) groups excluding carboxylic acids is 1. The lowest BCUT2D eigenvalue weighted by molar-refractivity contribution is -0.119. The number of amides is 1. The van der Waals surface area contributed by atoms with E-state index in [-0.39, 0.29) is 23.8 Å². The van der Waals surface area contributed by atoms with Gasteiger partial charge in [0.2, 0.25) is 5.91 Å². The van der Waals surface area contributed by atoms with Gasteiger partial charge in [-0.1, -0.05) is 31.7 Å². The molecule has 3 N–H and O–H groups in total. The van der Waals surface area contributed by atoms with Crippen molar-refractivity contribution in [2.45, 2.75) is 32.6 Å². The van der Waals surface area contributed by atoms with Crippen molar-refractivity contribution in [3.63, 3.8) is 0 Å². The molecule has 0 aliphatic carbocycles. The van der Waals surface area contributed by atoms with Gasteiger partial charge in [0.1, 0.15) is 22.4 Å². The van der Waals surface area contributed by atoms with Crippen molar-refractivity contribution in [3.8, 4) is 17.2 Å². The van der Waals surface area contributed by atoms with Crippen LogP contribution < -0.4 is 26.1 Å². The highest BCUT2D eigenvalue weighted by molar-refractivity contribution is 6.07. The molecule has 2 saturated heterocycles. The molecular weight excluding hydrogens is 721 g/mol. The standard InChI is InChI=1S/C34H33FN4O4.C8H18FN3O/c1-21(36-9-12-37-13-15-41-16-14-37)25-20-39-27-19-29-23(22-7-3-4-8-28(22)42-29)18-30(27)43-34-31(39)24(33(25)40)17-26(35)32(34)38-10-5-2-6-11-38;1-3-11(2)6-7-12(9)5-4-8(10)13/h3-4,7-8,17-20,36H,1-2,5-6,9-16H2;3-7H2,1-2H3,(H2,10,13). The second kappa shape index (κ2) is 17.4. The zero-order valence-electron chi connectivity index (χ0n) is 32.3. The van der Waals surface area contributed by atoms with E-state index in [1.807, 2.05) is 66.0 Å². The predicted octanol–water partition coefficient (Wildman–Crippen LogP) is 6.02. The zero-order chi connectivity index (χ0) is 39.3. The summed E-state index contributed by atoms with van der Waals surface area (Å²) in [6.07, 6.45) is 4.97. The average Bonchev–Trinajstić information content (AvgIpc) is 3.57. The lowest BCUT2D eigenvalue weighted by Gasteiger charge is -2.33. The molecule has 2 fully saturated rings. The number of hydrogen-bond donors (Lipinski definition) is 2. The molecule has 1 amide bonds. The first-order valence-electron chi connectivity index (χ1n) is 19.5. The number of likely N-dealkylation sites (N-methyl/N-ethyl adjacent to an activating group) is 1. The molecule has 3 aliphatic heterocycles. The molecule has 3 aliphatic rings. The Bertz CT molecular complexity index is 2280. The maximum absolute atomic E-state index is 16.1.